The molecule has 27 heavy (non-hydrogen) atoms. The Bertz CT molecular complexity index is 1110. The molecule has 138 valence electrons. The van der Waals surface area contributed by atoms with Crippen LogP contribution >= 0.6 is 0 Å². The van der Waals surface area contributed by atoms with Gasteiger partial charge in [0.25, 0.3) is 0 Å². The second-order valence-corrected chi connectivity index (χ2v) is 7.49. The highest BCUT2D eigenvalue weighted by Crippen LogP contribution is 2.30. The topological polar surface area (TPSA) is 23.7 Å². The average molecular weight is 362 g/mol. The smallest absolute Gasteiger partial charge is 0.207 e. The maximum atomic E-state index is 13.7. The largest absolute Gasteiger partial charge is 0.361 e. The number of hydrogen-bond donors (Lipinski definition) is 1. The van der Waals surface area contributed by atoms with Gasteiger partial charge in [-0.2, -0.15) is 0 Å². The Labute approximate surface area is 159 Å². The lowest BCUT2D eigenvalue weighted by molar-refractivity contribution is -0.427. The standard InChI is InChI=1S/C23H25FN3/c1-15(21-14-25-22-8-7-17(24)12-20(21)22)10-19-11-16(2)23(27(19)4)13-18-6-5-9-26(18)3/h5-9,11-15,25H,10H2,1-4H3/q+1. The predicted molar refractivity (Wildman–Crippen MR) is 110 cm³/mol. The van der Waals surface area contributed by atoms with E-state index in [9.17, 15) is 4.39 Å². The van der Waals surface area contributed by atoms with E-state index < -0.39 is 0 Å². The summed E-state index contributed by atoms with van der Waals surface area (Å²) in [4.78, 5) is 3.27. The van der Waals surface area contributed by atoms with Gasteiger partial charge >= 0.3 is 0 Å². The summed E-state index contributed by atoms with van der Waals surface area (Å²) in [6.07, 6.45) is 11.4. The minimum Gasteiger partial charge on any atom is -0.361 e. The van der Waals surface area contributed by atoms with Gasteiger partial charge in [-0.25, -0.2) is 8.97 Å². The van der Waals surface area contributed by atoms with Gasteiger partial charge in [0.1, 0.15) is 12.9 Å². The van der Waals surface area contributed by atoms with E-state index in [2.05, 4.69) is 72.6 Å². The zero-order valence-electron chi connectivity index (χ0n) is 16.3. The maximum Gasteiger partial charge on any atom is 0.207 e. The Morgan fingerprint density at radius 1 is 1.30 bits per heavy atom. The van der Waals surface area contributed by atoms with Crippen molar-refractivity contribution in [3.05, 3.63) is 76.6 Å². The third kappa shape index (κ3) is 3.16. The number of hydrogen-bond acceptors (Lipinski definition) is 0. The Balaban J connectivity index is 1.65. The summed E-state index contributed by atoms with van der Waals surface area (Å²) < 4.78 is 18.1. The van der Waals surface area contributed by atoms with E-state index in [1.807, 2.05) is 6.20 Å². The summed E-state index contributed by atoms with van der Waals surface area (Å²) in [5.74, 6) is 0.0983. The van der Waals surface area contributed by atoms with Gasteiger partial charge in [-0.05, 0) is 54.7 Å². The van der Waals surface area contributed by atoms with Crippen LogP contribution in [-0.2, 0) is 13.5 Å². The van der Waals surface area contributed by atoms with E-state index in [1.165, 1.54) is 28.7 Å². The van der Waals surface area contributed by atoms with Crippen molar-refractivity contribution in [1.29, 1.82) is 0 Å². The van der Waals surface area contributed by atoms with Crippen LogP contribution in [0.15, 0.2) is 48.3 Å². The molecule has 0 saturated heterocycles. The fourth-order valence-electron chi connectivity index (χ4n) is 3.96. The Morgan fingerprint density at radius 3 is 2.85 bits per heavy atom. The number of fused-ring (bicyclic) bond motifs is 1. The molecule has 0 bridgehead atoms. The van der Waals surface area contributed by atoms with Crippen LogP contribution in [0.2, 0.25) is 0 Å². The van der Waals surface area contributed by atoms with Crippen LogP contribution in [0.1, 0.15) is 35.4 Å². The van der Waals surface area contributed by atoms with E-state index in [-0.39, 0.29) is 11.7 Å². The number of likely N-dealkylation sites (N-methyl/N-ethyl adjacent to an activating group) is 1. The van der Waals surface area contributed by atoms with Gasteiger partial charge in [-0.15, -0.1) is 0 Å². The quantitative estimate of drug-likeness (QED) is 0.637. The van der Waals surface area contributed by atoms with Gasteiger partial charge in [0.15, 0.2) is 6.21 Å². The Morgan fingerprint density at radius 2 is 2.11 bits per heavy atom. The highest BCUT2D eigenvalue weighted by Gasteiger charge is 2.17. The molecular formula is C23H25FN3+. The summed E-state index contributed by atoms with van der Waals surface area (Å²) >= 11 is 0. The predicted octanol–water partition coefficient (Wildman–Crippen LogP) is 4.92. The molecular weight excluding hydrogens is 337 g/mol. The summed E-state index contributed by atoms with van der Waals surface area (Å²) in [5.41, 5.74) is 7.11. The van der Waals surface area contributed by atoms with E-state index in [4.69, 9.17) is 0 Å². The Hall–Kier alpha value is -2.88. The first-order chi connectivity index (χ1) is 12.9. The number of halogens is 1. The lowest BCUT2D eigenvalue weighted by Gasteiger charge is -2.12. The van der Waals surface area contributed by atoms with Crippen LogP contribution in [0.25, 0.3) is 17.0 Å². The Kier molecular flexibility index (Phi) is 4.34. The van der Waals surface area contributed by atoms with E-state index >= 15 is 0 Å². The number of nitrogens with zero attached hydrogens (tertiary/aromatic N) is 2. The van der Waals surface area contributed by atoms with Gasteiger partial charge in [0, 0.05) is 48.1 Å². The van der Waals surface area contributed by atoms with Gasteiger partial charge in [-0.3, -0.25) is 0 Å². The molecule has 3 aromatic rings. The first-order valence-electron chi connectivity index (χ1n) is 9.32. The van der Waals surface area contributed by atoms with E-state index in [0.29, 0.717) is 0 Å². The molecule has 0 saturated carbocycles. The number of allylic oxidation sites excluding steroid dienone is 2. The number of aromatic nitrogens is 2. The lowest BCUT2D eigenvalue weighted by atomic mass is 9.95. The van der Waals surface area contributed by atoms with Crippen LogP contribution in [0.4, 0.5) is 4.39 Å². The number of aromatic amines is 1. The van der Waals surface area contributed by atoms with Crippen molar-refractivity contribution in [1.82, 2.24) is 9.55 Å². The lowest BCUT2D eigenvalue weighted by Crippen LogP contribution is -2.05. The van der Waals surface area contributed by atoms with Crippen LogP contribution in [-0.4, -0.2) is 27.4 Å². The number of aryl methyl sites for hydroxylation is 1. The van der Waals surface area contributed by atoms with Crippen molar-refractivity contribution in [3.63, 3.8) is 0 Å². The molecule has 4 rings (SSSR count). The number of benzene rings is 1. The fraction of sp³-hybridized carbons (Fsp3) is 0.261. The average Bonchev–Trinajstić information content (AvgIpc) is 3.29. The highest BCUT2D eigenvalue weighted by atomic mass is 19.1. The molecule has 1 aliphatic rings. The first-order valence-corrected chi connectivity index (χ1v) is 9.32. The third-order valence-corrected chi connectivity index (χ3v) is 5.57. The maximum absolute atomic E-state index is 13.7. The molecule has 0 spiro atoms. The van der Waals surface area contributed by atoms with Crippen LogP contribution in [0, 0.1) is 12.7 Å². The van der Waals surface area contributed by atoms with Gasteiger partial charge in [0.2, 0.25) is 5.70 Å². The van der Waals surface area contributed by atoms with E-state index in [0.717, 1.165) is 22.9 Å². The normalized spacial score (nSPS) is 16.5. The molecule has 1 aliphatic heterocycles. The zero-order valence-corrected chi connectivity index (χ0v) is 16.3. The summed E-state index contributed by atoms with van der Waals surface area (Å²) in [6, 6.07) is 7.20. The molecule has 1 atom stereocenters. The molecule has 1 aromatic carbocycles. The minimum absolute atomic E-state index is 0.190. The van der Waals surface area contributed by atoms with Crippen LogP contribution in [0.5, 0.6) is 0 Å². The summed E-state index contributed by atoms with van der Waals surface area (Å²) in [5, 5.41) is 0.976. The highest BCUT2D eigenvalue weighted by molar-refractivity contribution is 5.83. The van der Waals surface area contributed by atoms with Crippen molar-refractivity contribution in [3.8, 4) is 0 Å². The fourth-order valence-corrected chi connectivity index (χ4v) is 3.96. The summed E-state index contributed by atoms with van der Waals surface area (Å²) in [6.45, 7) is 4.36. The molecule has 3 nitrogen and oxygen atoms in total. The monoisotopic (exact) mass is 362 g/mol. The minimum atomic E-state index is -0.190. The van der Waals surface area contributed by atoms with E-state index in [1.54, 1.807) is 12.1 Å². The van der Waals surface area contributed by atoms with Crippen molar-refractivity contribution >= 4 is 23.2 Å². The SMILES string of the molecule is Cc1cc(CC(C)c2c[nH]c3ccc(F)cc23)n(C)c1C=C1C=CC=[N+]1C. The van der Waals surface area contributed by atoms with Crippen LogP contribution in [0.3, 0.4) is 0 Å². The number of rotatable bonds is 4. The zero-order chi connectivity index (χ0) is 19.1. The number of nitrogens with one attached hydrogen (secondary N) is 1. The molecule has 0 aliphatic carbocycles. The molecule has 0 fully saturated rings. The molecule has 1 N–H and O–H groups in total. The van der Waals surface area contributed by atoms with Crippen molar-refractivity contribution in [2.75, 3.05) is 7.05 Å². The van der Waals surface area contributed by atoms with Gasteiger partial charge < -0.3 is 9.55 Å². The van der Waals surface area contributed by atoms with Crippen molar-refractivity contribution < 1.29 is 8.97 Å². The second kappa shape index (κ2) is 6.69. The molecule has 2 aromatic heterocycles. The van der Waals surface area contributed by atoms with Gasteiger partial charge in [-0.1, -0.05) is 6.92 Å². The van der Waals surface area contributed by atoms with Crippen molar-refractivity contribution in [2.24, 2.45) is 7.05 Å². The van der Waals surface area contributed by atoms with Crippen LogP contribution < -0.4 is 0 Å². The molecule has 4 heteroatoms. The van der Waals surface area contributed by atoms with Crippen molar-refractivity contribution in [2.45, 2.75) is 26.2 Å². The summed E-state index contributed by atoms with van der Waals surface area (Å²) in [7, 11) is 4.18. The number of H-pyrrole nitrogens is 1. The second-order valence-electron chi connectivity index (χ2n) is 7.49. The molecule has 0 radical (unpaired) electrons. The molecule has 1 unspecified atom stereocenters. The molecule has 3 heterocycles. The third-order valence-electron chi connectivity index (χ3n) is 5.57. The molecule has 0 amide bonds. The first kappa shape index (κ1) is 17.5. The van der Waals surface area contributed by atoms with Gasteiger partial charge in [0.05, 0.1) is 5.69 Å².